The molecule has 0 saturated carbocycles. The van der Waals surface area contributed by atoms with Gasteiger partial charge in [0.2, 0.25) is 0 Å². The van der Waals surface area contributed by atoms with E-state index in [1.807, 2.05) is 23.0 Å². The molecule has 0 bridgehead atoms. The van der Waals surface area contributed by atoms with Crippen molar-refractivity contribution >= 4 is 0 Å². The molecule has 0 spiro atoms. The van der Waals surface area contributed by atoms with E-state index in [4.69, 9.17) is 4.74 Å². The zero-order valence-corrected chi connectivity index (χ0v) is 14.4. The molecule has 5 heteroatoms. The lowest BCUT2D eigenvalue weighted by molar-refractivity contribution is 0.372. The third kappa shape index (κ3) is 4.73. The molecular weight excluding hydrogens is 290 g/mol. The Kier molecular flexibility index (Phi) is 6.04. The minimum absolute atomic E-state index is 0.184. The van der Waals surface area contributed by atoms with Crippen molar-refractivity contribution in [3.63, 3.8) is 0 Å². The van der Waals surface area contributed by atoms with Crippen molar-refractivity contribution in [3.05, 3.63) is 41.7 Å². The molecule has 2 unspecified atom stereocenters. The number of phenolic OH excluding ortho intramolecular Hbond substituents is 1. The van der Waals surface area contributed by atoms with Crippen LogP contribution >= 0.6 is 0 Å². The lowest BCUT2D eigenvalue weighted by Gasteiger charge is -2.19. The Balaban J connectivity index is 1.85. The summed E-state index contributed by atoms with van der Waals surface area (Å²) in [4.78, 5) is 0. The largest absolute Gasteiger partial charge is 0.504 e. The van der Waals surface area contributed by atoms with E-state index in [1.54, 1.807) is 13.2 Å². The van der Waals surface area contributed by atoms with E-state index in [-0.39, 0.29) is 11.8 Å². The van der Waals surface area contributed by atoms with Crippen molar-refractivity contribution in [2.24, 2.45) is 0 Å². The second kappa shape index (κ2) is 8.02. The Morgan fingerprint density at radius 2 is 2.13 bits per heavy atom. The van der Waals surface area contributed by atoms with Crippen LogP contribution in [0.1, 0.15) is 44.4 Å². The standard InChI is InChI=1S/C18H27N3O2/c1-5-21-12-16(11-19-21)14(3)20-13(2)6-7-15-8-9-17(22)18(10-15)23-4/h8-14,20,22H,5-7H2,1-4H3. The SMILES string of the molecule is CCn1cc(C(C)NC(C)CCc2ccc(O)c(OC)c2)cn1. The maximum atomic E-state index is 9.63. The van der Waals surface area contributed by atoms with Gasteiger partial charge in [0.05, 0.1) is 13.3 Å². The Morgan fingerprint density at radius 1 is 1.35 bits per heavy atom. The Bertz CT molecular complexity index is 624. The van der Waals surface area contributed by atoms with E-state index in [1.165, 1.54) is 11.1 Å². The number of aromatic hydroxyl groups is 1. The first-order valence-corrected chi connectivity index (χ1v) is 8.17. The number of methoxy groups -OCH3 is 1. The number of aryl methyl sites for hydroxylation is 2. The first-order valence-electron chi connectivity index (χ1n) is 8.17. The van der Waals surface area contributed by atoms with Gasteiger partial charge in [0.25, 0.3) is 0 Å². The summed E-state index contributed by atoms with van der Waals surface area (Å²) in [6.45, 7) is 7.34. The molecule has 2 rings (SSSR count). The minimum atomic E-state index is 0.184. The number of phenols is 1. The zero-order valence-electron chi connectivity index (χ0n) is 14.4. The summed E-state index contributed by atoms with van der Waals surface area (Å²) in [6, 6.07) is 6.19. The second-order valence-corrected chi connectivity index (χ2v) is 5.96. The fraction of sp³-hybridized carbons (Fsp3) is 0.500. The van der Waals surface area contributed by atoms with Gasteiger partial charge in [-0.15, -0.1) is 0 Å². The normalized spacial score (nSPS) is 13.7. The maximum Gasteiger partial charge on any atom is 0.160 e. The fourth-order valence-corrected chi connectivity index (χ4v) is 2.64. The van der Waals surface area contributed by atoms with Gasteiger partial charge in [-0.2, -0.15) is 5.10 Å². The van der Waals surface area contributed by atoms with E-state index in [2.05, 4.69) is 37.4 Å². The van der Waals surface area contributed by atoms with Gasteiger partial charge in [0, 0.05) is 30.4 Å². The Hall–Kier alpha value is -2.01. The summed E-state index contributed by atoms with van der Waals surface area (Å²) in [5.74, 6) is 0.715. The second-order valence-electron chi connectivity index (χ2n) is 5.96. The molecule has 126 valence electrons. The molecule has 2 N–H and O–H groups in total. The van der Waals surface area contributed by atoms with Gasteiger partial charge < -0.3 is 15.2 Å². The van der Waals surface area contributed by atoms with Gasteiger partial charge in [-0.25, -0.2) is 0 Å². The predicted molar refractivity (Wildman–Crippen MR) is 91.9 cm³/mol. The molecule has 5 nitrogen and oxygen atoms in total. The highest BCUT2D eigenvalue weighted by molar-refractivity contribution is 5.41. The van der Waals surface area contributed by atoms with Crippen LogP contribution < -0.4 is 10.1 Å². The third-order valence-electron chi connectivity index (χ3n) is 4.12. The first-order chi connectivity index (χ1) is 11.0. The highest BCUT2D eigenvalue weighted by Gasteiger charge is 2.12. The van der Waals surface area contributed by atoms with Crippen LogP contribution in [-0.4, -0.2) is 28.0 Å². The molecule has 0 amide bonds. The fourth-order valence-electron chi connectivity index (χ4n) is 2.64. The minimum Gasteiger partial charge on any atom is -0.504 e. The first kappa shape index (κ1) is 17.3. The van der Waals surface area contributed by atoms with Crippen molar-refractivity contribution in [3.8, 4) is 11.5 Å². The summed E-state index contributed by atoms with van der Waals surface area (Å²) >= 11 is 0. The molecule has 1 heterocycles. The highest BCUT2D eigenvalue weighted by atomic mass is 16.5. The van der Waals surface area contributed by atoms with Crippen LogP contribution in [-0.2, 0) is 13.0 Å². The molecule has 0 aliphatic heterocycles. The number of benzene rings is 1. The van der Waals surface area contributed by atoms with Crippen molar-refractivity contribution in [1.29, 1.82) is 0 Å². The van der Waals surface area contributed by atoms with Crippen LogP contribution in [0.3, 0.4) is 0 Å². The summed E-state index contributed by atoms with van der Waals surface area (Å²) < 4.78 is 7.10. The number of nitrogens with one attached hydrogen (secondary N) is 1. The van der Waals surface area contributed by atoms with Crippen molar-refractivity contribution < 1.29 is 9.84 Å². The average Bonchev–Trinajstić information content (AvgIpc) is 3.03. The Labute approximate surface area is 138 Å². The molecule has 1 aromatic carbocycles. The smallest absolute Gasteiger partial charge is 0.160 e. The lowest BCUT2D eigenvalue weighted by Crippen LogP contribution is -2.29. The van der Waals surface area contributed by atoms with Crippen molar-refractivity contribution in [2.75, 3.05) is 7.11 Å². The van der Waals surface area contributed by atoms with Crippen LogP contribution in [0.15, 0.2) is 30.6 Å². The summed E-state index contributed by atoms with van der Waals surface area (Å²) in [7, 11) is 1.57. The van der Waals surface area contributed by atoms with Gasteiger partial charge in [0.15, 0.2) is 11.5 Å². The molecule has 2 atom stereocenters. The maximum absolute atomic E-state index is 9.63. The van der Waals surface area contributed by atoms with Crippen LogP contribution in [0, 0.1) is 0 Å². The van der Waals surface area contributed by atoms with E-state index in [0.717, 1.165) is 19.4 Å². The molecule has 0 fully saturated rings. The van der Waals surface area contributed by atoms with Gasteiger partial charge >= 0.3 is 0 Å². The van der Waals surface area contributed by atoms with Gasteiger partial charge in [0.1, 0.15) is 0 Å². The summed E-state index contributed by atoms with van der Waals surface area (Å²) in [6.07, 6.45) is 5.97. The van der Waals surface area contributed by atoms with Crippen molar-refractivity contribution in [1.82, 2.24) is 15.1 Å². The van der Waals surface area contributed by atoms with E-state index in [9.17, 15) is 5.11 Å². The zero-order chi connectivity index (χ0) is 16.8. The summed E-state index contributed by atoms with van der Waals surface area (Å²) in [5, 5.41) is 17.6. The molecule has 1 aromatic heterocycles. The lowest BCUT2D eigenvalue weighted by atomic mass is 10.0. The molecule has 2 aromatic rings. The van der Waals surface area contributed by atoms with Gasteiger partial charge in [-0.05, 0) is 51.3 Å². The average molecular weight is 317 g/mol. The van der Waals surface area contributed by atoms with E-state index < -0.39 is 0 Å². The van der Waals surface area contributed by atoms with Gasteiger partial charge in [-0.1, -0.05) is 6.07 Å². The molecule has 0 radical (unpaired) electrons. The topological polar surface area (TPSA) is 59.3 Å². The quantitative estimate of drug-likeness (QED) is 0.784. The Morgan fingerprint density at radius 3 is 2.78 bits per heavy atom. The number of nitrogens with zero attached hydrogens (tertiary/aromatic N) is 2. The number of ether oxygens (including phenoxy) is 1. The molecular formula is C18H27N3O2. The van der Waals surface area contributed by atoms with Crippen LogP contribution in [0.4, 0.5) is 0 Å². The molecule has 0 saturated heterocycles. The van der Waals surface area contributed by atoms with Crippen LogP contribution in [0.2, 0.25) is 0 Å². The van der Waals surface area contributed by atoms with Crippen LogP contribution in [0.5, 0.6) is 11.5 Å². The number of rotatable bonds is 8. The molecule has 0 aliphatic carbocycles. The molecule has 0 aliphatic rings. The summed E-state index contributed by atoms with van der Waals surface area (Å²) in [5.41, 5.74) is 2.38. The van der Waals surface area contributed by atoms with Crippen LogP contribution in [0.25, 0.3) is 0 Å². The number of hydrogen-bond acceptors (Lipinski definition) is 4. The molecule has 23 heavy (non-hydrogen) atoms. The predicted octanol–water partition coefficient (Wildman–Crippen LogP) is 3.29. The number of hydrogen-bond donors (Lipinski definition) is 2. The highest BCUT2D eigenvalue weighted by Crippen LogP contribution is 2.27. The van der Waals surface area contributed by atoms with Crippen molar-refractivity contribution in [2.45, 2.75) is 52.2 Å². The van der Waals surface area contributed by atoms with E-state index in [0.29, 0.717) is 11.8 Å². The monoisotopic (exact) mass is 317 g/mol. The van der Waals surface area contributed by atoms with E-state index >= 15 is 0 Å². The number of aromatic nitrogens is 2. The van der Waals surface area contributed by atoms with Gasteiger partial charge in [-0.3, -0.25) is 4.68 Å². The third-order valence-corrected chi connectivity index (χ3v) is 4.12.